The maximum atomic E-state index is 12.5. The third kappa shape index (κ3) is 4.95. The Bertz CT molecular complexity index is 503. The van der Waals surface area contributed by atoms with E-state index in [1.165, 1.54) is 0 Å². The summed E-state index contributed by atoms with van der Waals surface area (Å²) in [5.41, 5.74) is -0.102. The first-order valence-corrected chi connectivity index (χ1v) is 8.12. The van der Waals surface area contributed by atoms with Crippen molar-refractivity contribution in [1.29, 1.82) is 0 Å². The second-order valence-electron chi connectivity index (χ2n) is 6.04. The number of rotatable bonds is 3. The van der Waals surface area contributed by atoms with Gasteiger partial charge in [0.25, 0.3) is 5.91 Å². The van der Waals surface area contributed by atoms with Crippen LogP contribution in [0, 0.1) is 0 Å². The van der Waals surface area contributed by atoms with Gasteiger partial charge in [-0.25, -0.2) is 0 Å². The molecule has 6 heteroatoms. The van der Waals surface area contributed by atoms with E-state index in [1.54, 1.807) is 32.0 Å². The van der Waals surface area contributed by atoms with Crippen LogP contribution >= 0.6 is 27.5 Å². The molecule has 1 aromatic rings. The number of nitrogens with zero attached hydrogens (tertiary/aromatic N) is 2. The lowest BCUT2D eigenvalue weighted by Crippen LogP contribution is -2.52. The summed E-state index contributed by atoms with van der Waals surface area (Å²) in [5, 5.41) is 10.4. The van der Waals surface area contributed by atoms with Gasteiger partial charge in [-0.1, -0.05) is 27.5 Å². The molecule has 4 nitrogen and oxygen atoms in total. The zero-order chi connectivity index (χ0) is 15.6. The molecule has 1 saturated heterocycles. The maximum absolute atomic E-state index is 12.5. The molecule has 0 saturated carbocycles. The first-order chi connectivity index (χ1) is 9.74. The van der Waals surface area contributed by atoms with Crippen molar-refractivity contribution in [2.45, 2.75) is 19.4 Å². The summed E-state index contributed by atoms with van der Waals surface area (Å²) in [7, 11) is 0. The number of amides is 1. The molecule has 0 atom stereocenters. The summed E-state index contributed by atoms with van der Waals surface area (Å²) in [6, 6.07) is 5.24. The summed E-state index contributed by atoms with van der Waals surface area (Å²) in [6.45, 7) is 7.10. The highest BCUT2D eigenvalue weighted by atomic mass is 79.9. The molecule has 0 aliphatic carbocycles. The summed E-state index contributed by atoms with van der Waals surface area (Å²) in [4.78, 5) is 16.5. The largest absolute Gasteiger partial charge is 0.389 e. The van der Waals surface area contributed by atoms with Crippen LogP contribution in [0.3, 0.4) is 0 Å². The number of carbonyl (C=O) groups excluding carboxylic acids is 1. The Kier molecular flexibility index (Phi) is 5.30. The molecule has 0 aromatic heterocycles. The van der Waals surface area contributed by atoms with Crippen LogP contribution < -0.4 is 0 Å². The molecular weight excluding hydrogens is 356 g/mol. The third-order valence-corrected chi connectivity index (χ3v) is 4.06. The molecular formula is C15H20BrClN2O2. The number of β-amino-alcohol motifs (C(OH)–C–C–N with tert-alkyl or cyclic N) is 1. The summed E-state index contributed by atoms with van der Waals surface area (Å²) in [6.07, 6.45) is 0. The van der Waals surface area contributed by atoms with Crippen molar-refractivity contribution in [1.82, 2.24) is 9.80 Å². The molecule has 0 bridgehead atoms. The second-order valence-corrected chi connectivity index (χ2v) is 7.39. The molecule has 1 fully saturated rings. The van der Waals surface area contributed by atoms with E-state index in [4.69, 9.17) is 11.6 Å². The summed E-state index contributed by atoms with van der Waals surface area (Å²) in [5.74, 6) is 0.00103. The van der Waals surface area contributed by atoms with Crippen LogP contribution in [0.2, 0.25) is 5.02 Å². The number of hydrogen-bond acceptors (Lipinski definition) is 3. The van der Waals surface area contributed by atoms with E-state index in [2.05, 4.69) is 20.8 Å². The number of benzene rings is 1. The topological polar surface area (TPSA) is 43.8 Å². The molecule has 1 N–H and O–H groups in total. The minimum absolute atomic E-state index is 0.00103. The molecule has 1 aromatic carbocycles. The van der Waals surface area contributed by atoms with Gasteiger partial charge in [0, 0.05) is 47.8 Å². The molecule has 0 radical (unpaired) electrons. The van der Waals surface area contributed by atoms with E-state index in [1.807, 2.05) is 4.90 Å². The van der Waals surface area contributed by atoms with E-state index in [0.29, 0.717) is 30.2 Å². The van der Waals surface area contributed by atoms with Crippen molar-refractivity contribution >= 4 is 33.4 Å². The number of halogens is 2. The average molecular weight is 376 g/mol. The Morgan fingerprint density at radius 3 is 2.43 bits per heavy atom. The lowest BCUT2D eigenvalue weighted by atomic mass is 10.1. The molecule has 0 spiro atoms. The molecule has 21 heavy (non-hydrogen) atoms. The van der Waals surface area contributed by atoms with Gasteiger partial charge in [-0.05, 0) is 32.0 Å². The van der Waals surface area contributed by atoms with Crippen molar-refractivity contribution in [3.63, 3.8) is 0 Å². The van der Waals surface area contributed by atoms with Crippen LogP contribution in [0.25, 0.3) is 0 Å². The van der Waals surface area contributed by atoms with Crippen LogP contribution in [-0.4, -0.2) is 59.1 Å². The molecule has 0 unspecified atom stereocenters. The SMILES string of the molecule is CC(C)(O)CN1CCN(C(=O)c2cc(Cl)cc(Br)c2)CC1. The van der Waals surface area contributed by atoms with Gasteiger partial charge >= 0.3 is 0 Å². The van der Waals surface area contributed by atoms with Crippen molar-refractivity contribution in [2.75, 3.05) is 32.7 Å². The van der Waals surface area contributed by atoms with Crippen molar-refractivity contribution < 1.29 is 9.90 Å². The highest BCUT2D eigenvalue weighted by Crippen LogP contribution is 2.21. The fourth-order valence-corrected chi connectivity index (χ4v) is 3.38. The first-order valence-electron chi connectivity index (χ1n) is 6.95. The molecule has 1 amide bonds. The lowest BCUT2D eigenvalue weighted by Gasteiger charge is -2.37. The van der Waals surface area contributed by atoms with Crippen LogP contribution in [0.15, 0.2) is 22.7 Å². The lowest BCUT2D eigenvalue weighted by molar-refractivity contribution is 0.0178. The van der Waals surface area contributed by atoms with Gasteiger partial charge in [-0.15, -0.1) is 0 Å². The minimum Gasteiger partial charge on any atom is -0.389 e. The van der Waals surface area contributed by atoms with E-state index in [9.17, 15) is 9.90 Å². The fraction of sp³-hybridized carbons (Fsp3) is 0.533. The van der Waals surface area contributed by atoms with E-state index in [0.717, 1.165) is 17.6 Å². The summed E-state index contributed by atoms with van der Waals surface area (Å²) >= 11 is 9.35. The molecule has 2 rings (SSSR count). The van der Waals surface area contributed by atoms with Crippen LogP contribution in [0.1, 0.15) is 24.2 Å². The highest BCUT2D eigenvalue weighted by Gasteiger charge is 2.25. The monoisotopic (exact) mass is 374 g/mol. The predicted molar refractivity (Wildman–Crippen MR) is 87.8 cm³/mol. The standard InChI is InChI=1S/C15H20BrClN2O2/c1-15(2,21)10-18-3-5-19(6-4-18)14(20)11-7-12(16)9-13(17)8-11/h7-9,21H,3-6,10H2,1-2H3. The van der Waals surface area contributed by atoms with E-state index in [-0.39, 0.29) is 5.91 Å². The zero-order valence-electron chi connectivity index (χ0n) is 12.3. The van der Waals surface area contributed by atoms with Crippen LogP contribution in [0.5, 0.6) is 0 Å². The first kappa shape index (κ1) is 16.7. The zero-order valence-corrected chi connectivity index (χ0v) is 14.6. The maximum Gasteiger partial charge on any atom is 0.254 e. The Morgan fingerprint density at radius 2 is 1.90 bits per heavy atom. The Morgan fingerprint density at radius 1 is 1.29 bits per heavy atom. The van der Waals surface area contributed by atoms with E-state index < -0.39 is 5.60 Å². The Labute approximate surface area is 138 Å². The van der Waals surface area contributed by atoms with Gasteiger partial charge in [0.15, 0.2) is 0 Å². The average Bonchev–Trinajstić information content (AvgIpc) is 2.35. The van der Waals surface area contributed by atoms with Gasteiger partial charge in [0.1, 0.15) is 0 Å². The third-order valence-electron chi connectivity index (χ3n) is 3.38. The van der Waals surface area contributed by atoms with Gasteiger partial charge < -0.3 is 10.0 Å². The molecule has 1 heterocycles. The van der Waals surface area contributed by atoms with Crippen LogP contribution in [0.4, 0.5) is 0 Å². The molecule has 116 valence electrons. The van der Waals surface area contributed by atoms with E-state index >= 15 is 0 Å². The number of aliphatic hydroxyl groups is 1. The molecule has 1 aliphatic heterocycles. The number of carbonyl (C=O) groups is 1. The van der Waals surface area contributed by atoms with Gasteiger partial charge in [-0.3, -0.25) is 9.69 Å². The van der Waals surface area contributed by atoms with Gasteiger partial charge in [0.2, 0.25) is 0 Å². The number of piperazine rings is 1. The smallest absolute Gasteiger partial charge is 0.254 e. The van der Waals surface area contributed by atoms with Crippen molar-refractivity contribution in [3.8, 4) is 0 Å². The second kappa shape index (κ2) is 6.65. The highest BCUT2D eigenvalue weighted by molar-refractivity contribution is 9.10. The number of hydrogen-bond donors (Lipinski definition) is 1. The Balaban J connectivity index is 1.97. The van der Waals surface area contributed by atoms with Gasteiger partial charge in [0.05, 0.1) is 5.60 Å². The van der Waals surface area contributed by atoms with Crippen molar-refractivity contribution in [2.24, 2.45) is 0 Å². The predicted octanol–water partition coefficient (Wildman–Crippen LogP) is 2.63. The fourth-order valence-electron chi connectivity index (χ4n) is 2.52. The Hall–Kier alpha value is -0.620. The van der Waals surface area contributed by atoms with Gasteiger partial charge in [-0.2, -0.15) is 0 Å². The summed E-state index contributed by atoms with van der Waals surface area (Å²) < 4.78 is 0.805. The quantitative estimate of drug-likeness (QED) is 0.883. The van der Waals surface area contributed by atoms with Crippen molar-refractivity contribution in [3.05, 3.63) is 33.3 Å². The minimum atomic E-state index is -0.704. The van der Waals surface area contributed by atoms with Crippen LogP contribution in [-0.2, 0) is 0 Å². The molecule has 1 aliphatic rings. The normalized spacial score (nSPS) is 17.1.